The first-order valence-electron chi connectivity index (χ1n) is 6.57. The summed E-state index contributed by atoms with van der Waals surface area (Å²) in [6, 6.07) is 5.32. The Kier molecular flexibility index (Phi) is 4.63. The maximum atomic E-state index is 12.5. The standard InChI is InChI=1S/C14H20N2O3/c1-3-19-13-10-11(18-2)4-5-12(13)14(17)16-8-6-15-7-9-16/h4-5,10,15H,3,6-9H2,1-2H3. The van der Waals surface area contributed by atoms with Crippen LogP contribution in [0.25, 0.3) is 0 Å². The highest BCUT2D eigenvalue weighted by Crippen LogP contribution is 2.26. The zero-order valence-corrected chi connectivity index (χ0v) is 11.4. The first kappa shape index (κ1) is 13.7. The number of carbonyl (C=O) groups is 1. The number of hydrogen-bond acceptors (Lipinski definition) is 4. The third-order valence-corrected chi connectivity index (χ3v) is 3.12. The van der Waals surface area contributed by atoms with Gasteiger partial charge >= 0.3 is 0 Å². The Labute approximate surface area is 113 Å². The summed E-state index contributed by atoms with van der Waals surface area (Å²) < 4.78 is 10.7. The van der Waals surface area contributed by atoms with Gasteiger partial charge < -0.3 is 19.7 Å². The number of rotatable bonds is 4. The molecule has 0 unspecified atom stereocenters. The molecular formula is C14H20N2O3. The Morgan fingerprint density at radius 3 is 2.74 bits per heavy atom. The largest absolute Gasteiger partial charge is 0.497 e. The third kappa shape index (κ3) is 3.17. The van der Waals surface area contributed by atoms with Crippen molar-refractivity contribution in [2.75, 3.05) is 39.9 Å². The molecular weight excluding hydrogens is 244 g/mol. The Hall–Kier alpha value is -1.75. The minimum atomic E-state index is 0.0209. The van der Waals surface area contributed by atoms with Crippen molar-refractivity contribution >= 4 is 5.91 Å². The minimum absolute atomic E-state index is 0.0209. The summed E-state index contributed by atoms with van der Waals surface area (Å²) in [5.41, 5.74) is 0.601. The van der Waals surface area contributed by atoms with Gasteiger partial charge in [-0.2, -0.15) is 0 Å². The summed E-state index contributed by atoms with van der Waals surface area (Å²) in [5.74, 6) is 1.30. The topological polar surface area (TPSA) is 50.8 Å². The van der Waals surface area contributed by atoms with E-state index in [0.717, 1.165) is 26.2 Å². The molecule has 1 aromatic rings. The van der Waals surface area contributed by atoms with Gasteiger partial charge in [-0.3, -0.25) is 4.79 Å². The van der Waals surface area contributed by atoms with Crippen LogP contribution in [0.5, 0.6) is 11.5 Å². The van der Waals surface area contributed by atoms with Crippen LogP contribution in [0.2, 0.25) is 0 Å². The lowest BCUT2D eigenvalue weighted by molar-refractivity contribution is 0.0731. The van der Waals surface area contributed by atoms with Crippen molar-refractivity contribution in [3.63, 3.8) is 0 Å². The average Bonchev–Trinajstić information content (AvgIpc) is 2.47. The fourth-order valence-electron chi connectivity index (χ4n) is 2.12. The van der Waals surface area contributed by atoms with Crippen molar-refractivity contribution in [1.29, 1.82) is 0 Å². The zero-order chi connectivity index (χ0) is 13.7. The van der Waals surface area contributed by atoms with Crippen molar-refractivity contribution in [2.45, 2.75) is 6.92 Å². The Balaban J connectivity index is 2.23. The van der Waals surface area contributed by atoms with E-state index in [2.05, 4.69) is 5.32 Å². The summed E-state index contributed by atoms with van der Waals surface area (Å²) >= 11 is 0. The fraction of sp³-hybridized carbons (Fsp3) is 0.500. The van der Waals surface area contributed by atoms with E-state index in [1.54, 1.807) is 25.3 Å². The van der Waals surface area contributed by atoms with Gasteiger partial charge in [-0.25, -0.2) is 0 Å². The quantitative estimate of drug-likeness (QED) is 0.886. The van der Waals surface area contributed by atoms with Gasteiger partial charge in [0.05, 0.1) is 19.3 Å². The van der Waals surface area contributed by atoms with Crippen molar-refractivity contribution < 1.29 is 14.3 Å². The lowest BCUT2D eigenvalue weighted by Crippen LogP contribution is -2.46. The van der Waals surface area contributed by atoms with Gasteiger partial charge in [0.1, 0.15) is 11.5 Å². The van der Waals surface area contributed by atoms with Gasteiger partial charge in [-0.05, 0) is 19.1 Å². The van der Waals surface area contributed by atoms with Crippen molar-refractivity contribution in [2.24, 2.45) is 0 Å². The number of ether oxygens (including phenoxy) is 2. The highest BCUT2D eigenvalue weighted by Gasteiger charge is 2.21. The molecule has 1 heterocycles. The molecule has 5 nitrogen and oxygen atoms in total. The van der Waals surface area contributed by atoms with E-state index in [1.807, 2.05) is 11.8 Å². The number of amides is 1. The molecule has 1 saturated heterocycles. The third-order valence-electron chi connectivity index (χ3n) is 3.12. The molecule has 0 bridgehead atoms. The summed E-state index contributed by atoms with van der Waals surface area (Å²) in [6.07, 6.45) is 0. The number of nitrogens with zero attached hydrogens (tertiary/aromatic N) is 1. The molecule has 0 aliphatic carbocycles. The van der Waals surface area contributed by atoms with E-state index in [4.69, 9.17) is 9.47 Å². The molecule has 1 aromatic carbocycles. The molecule has 0 saturated carbocycles. The van der Waals surface area contributed by atoms with E-state index in [9.17, 15) is 4.79 Å². The number of hydrogen-bond donors (Lipinski definition) is 1. The van der Waals surface area contributed by atoms with Gasteiger partial charge in [-0.1, -0.05) is 0 Å². The van der Waals surface area contributed by atoms with Gasteiger partial charge in [-0.15, -0.1) is 0 Å². The summed E-state index contributed by atoms with van der Waals surface area (Å²) in [6.45, 7) is 5.57. The van der Waals surface area contributed by atoms with Crippen LogP contribution in [-0.2, 0) is 0 Å². The van der Waals surface area contributed by atoms with Crippen LogP contribution in [0, 0.1) is 0 Å². The number of nitrogens with one attached hydrogen (secondary N) is 1. The molecule has 5 heteroatoms. The van der Waals surface area contributed by atoms with Gasteiger partial charge in [0.15, 0.2) is 0 Å². The van der Waals surface area contributed by atoms with E-state index in [0.29, 0.717) is 23.7 Å². The van der Waals surface area contributed by atoms with Gasteiger partial charge in [0.2, 0.25) is 0 Å². The Morgan fingerprint density at radius 1 is 1.37 bits per heavy atom. The molecule has 0 atom stereocenters. The second-order valence-electron chi connectivity index (χ2n) is 4.34. The molecule has 2 rings (SSSR count). The molecule has 1 aliphatic heterocycles. The normalized spacial score (nSPS) is 15.2. The first-order valence-corrected chi connectivity index (χ1v) is 6.57. The predicted molar refractivity (Wildman–Crippen MR) is 72.9 cm³/mol. The molecule has 1 N–H and O–H groups in total. The lowest BCUT2D eigenvalue weighted by atomic mass is 10.1. The van der Waals surface area contributed by atoms with E-state index < -0.39 is 0 Å². The smallest absolute Gasteiger partial charge is 0.257 e. The molecule has 0 aromatic heterocycles. The van der Waals surface area contributed by atoms with Crippen LogP contribution in [0.1, 0.15) is 17.3 Å². The maximum absolute atomic E-state index is 12.5. The van der Waals surface area contributed by atoms with Gasteiger partial charge in [0.25, 0.3) is 5.91 Å². The Morgan fingerprint density at radius 2 is 2.11 bits per heavy atom. The summed E-state index contributed by atoms with van der Waals surface area (Å²) in [4.78, 5) is 14.3. The van der Waals surface area contributed by atoms with E-state index in [-0.39, 0.29) is 5.91 Å². The zero-order valence-electron chi connectivity index (χ0n) is 11.4. The maximum Gasteiger partial charge on any atom is 0.257 e. The first-order chi connectivity index (χ1) is 9.26. The Bertz CT molecular complexity index is 442. The van der Waals surface area contributed by atoms with Crippen molar-refractivity contribution in [3.05, 3.63) is 23.8 Å². The van der Waals surface area contributed by atoms with E-state index >= 15 is 0 Å². The SMILES string of the molecule is CCOc1cc(OC)ccc1C(=O)N1CCNCC1. The van der Waals surface area contributed by atoms with Crippen LogP contribution in [0.15, 0.2) is 18.2 Å². The van der Waals surface area contributed by atoms with Crippen LogP contribution in [-0.4, -0.2) is 50.7 Å². The molecule has 1 amide bonds. The van der Waals surface area contributed by atoms with Crippen molar-refractivity contribution in [3.8, 4) is 11.5 Å². The molecule has 1 fully saturated rings. The average molecular weight is 264 g/mol. The second-order valence-corrected chi connectivity index (χ2v) is 4.34. The van der Waals surface area contributed by atoms with E-state index in [1.165, 1.54) is 0 Å². The van der Waals surface area contributed by atoms with Crippen molar-refractivity contribution in [1.82, 2.24) is 10.2 Å². The van der Waals surface area contributed by atoms with Crippen LogP contribution >= 0.6 is 0 Å². The minimum Gasteiger partial charge on any atom is -0.497 e. The molecule has 1 aliphatic rings. The molecule has 0 spiro atoms. The number of piperazine rings is 1. The van der Waals surface area contributed by atoms with Crippen LogP contribution in [0.3, 0.4) is 0 Å². The predicted octanol–water partition coefficient (Wildman–Crippen LogP) is 1.14. The molecule has 104 valence electrons. The number of benzene rings is 1. The molecule has 0 radical (unpaired) electrons. The molecule has 19 heavy (non-hydrogen) atoms. The summed E-state index contributed by atoms with van der Waals surface area (Å²) in [7, 11) is 1.60. The van der Waals surface area contributed by atoms with Gasteiger partial charge in [0, 0.05) is 32.2 Å². The van der Waals surface area contributed by atoms with Crippen LogP contribution in [0.4, 0.5) is 0 Å². The summed E-state index contributed by atoms with van der Waals surface area (Å²) in [5, 5.41) is 3.23. The lowest BCUT2D eigenvalue weighted by Gasteiger charge is -2.28. The van der Waals surface area contributed by atoms with Crippen LogP contribution < -0.4 is 14.8 Å². The highest BCUT2D eigenvalue weighted by molar-refractivity contribution is 5.97. The number of methoxy groups -OCH3 is 1. The second kappa shape index (κ2) is 6.43. The monoisotopic (exact) mass is 264 g/mol. The fourth-order valence-corrected chi connectivity index (χ4v) is 2.12. The number of carbonyl (C=O) groups excluding carboxylic acids is 1. The highest BCUT2D eigenvalue weighted by atomic mass is 16.5.